The first-order valence-corrected chi connectivity index (χ1v) is 10.5. The topological polar surface area (TPSA) is 52.6 Å². The van der Waals surface area contributed by atoms with Gasteiger partial charge in [0.15, 0.2) is 0 Å². The van der Waals surface area contributed by atoms with Crippen molar-refractivity contribution in [3.63, 3.8) is 0 Å². The SMILES string of the molecule is CN1CCN(C(CNS(=O)(=O)c2ccccc2)Cc2ccccc2)CC1. The van der Waals surface area contributed by atoms with Gasteiger partial charge < -0.3 is 4.90 Å². The first-order chi connectivity index (χ1) is 12.5. The standard InChI is InChI=1S/C20H27N3O2S/c1-22-12-14-23(15-13-22)19(16-18-8-4-2-5-9-18)17-21-26(24,25)20-10-6-3-7-11-20/h2-11,19,21H,12-17H2,1H3. The third-order valence-electron chi connectivity index (χ3n) is 4.93. The highest BCUT2D eigenvalue weighted by atomic mass is 32.2. The van der Waals surface area contributed by atoms with Crippen LogP contribution >= 0.6 is 0 Å². The Bertz CT molecular complexity index is 773. The van der Waals surface area contributed by atoms with Gasteiger partial charge in [0.25, 0.3) is 0 Å². The third-order valence-corrected chi connectivity index (χ3v) is 6.37. The highest BCUT2D eigenvalue weighted by molar-refractivity contribution is 7.89. The highest BCUT2D eigenvalue weighted by Crippen LogP contribution is 2.13. The molecule has 6 heteroatoms. The lowest BCUT2D eigenvalue weighted by molar-refractivity contribution is 0.112. The minimum absolute atomic E-state index is 0.143. The molecule has 1 fully saturated rings. The molecule has 1 aliphatic rings. The maximum atomic E-state index is 12.6. The number of piperazine rings is 1. The van der Waals surface area contributed by atoms with Gasteiger partial charge in [-0.25, -0.2) is 13.1 Å². The van der Waals surface area contributed by atoms with Crippen LogP contribution < -0.4 is 4.72 Å². The van der Waals surface area contributed by atoms with Gasteiger partial charge in [-0.15, -0.1) is 0 Å². The summed E-state index contributed by atoms with van der Waals surface area (Å²) in [6, 6.07) is 19.0. The molecule has 1 unspecified atom stereocenters. The Labute approximate surface area is 156 Å². The van der Waals surface area contributed by atoms with Crippen LogP contribution in [-0.2, 0) is 16.4 Å². The quantitative estimate of drug-likeness (QED) is 0.804. The van der Waals surface area contributed by atoms with Crippen LogP contribution in [0.3, 0.4) is 0 Å². The monoisotopic (exact) mass is 373 g/mol. The predicted octanol–water partition coefficient (Wildman–Crippen LogP) is 1.82. The van der Waals surface area contributed by atoms with E-state index >= 15 is 0 Å². The lowest BCUT2D eigenvalue weighted by Crippen LogP contribution is -2.53. The average molecular weight is 374 g/mol. The van der Waals surface area contributed by atoms with Crippen LogP contribution in [0.15, 0.2) is 65.6 Å². The maximum Gasteiger partial charge on any atom is 0.240 e. The number of nitrogens with zero attached hydrogens (tertiary/aromatic N) is 2. The van der Waals surface area contributed by atoms with E-state index < -0.39 is 10.0 Å². The summed E-state index contributed by atoms with van der Waals surface area (Å²) >= 11 is 0. The molecule has 1 heterocycles. The Kier molecular flexibility index (Phi) is 6.43. The second-order valence-corrected chi connectivity index (χ2v) is 8.61. The van der Waals surface area contributed by atoms with Gasteiger partial charge in [-0.2, -0.15) is 0 Å². The molecule has 140 valence electrons. The van der Waals surface area contributed by atoms with Gasteiger partial charge in [-0.1, -0.05) is 48.5 Å². The van der Waals surface area contributed by atoms with Crippen molar-refractivity contribution >= 4 is 10.0 Å². The Morgan fingerprint density at radius 2 is 1.50 bits per heavy atom. The summed E-state index contributed by atoms with van der Waals surface area (Å²) in [6.45, 7) is 4.35. The molecule has 26 heavy (non-hydrogen) atoms. The number of nitrogens with one attached hydrogen (secondary N) is 1. The summed E-state index contributed by atoms with van der Waals surface area (Å²) in [7, 11) is -1.36. The third kappa shape index (κ3) is 5.14. The number of likely N-dealkylation sites (N-methyl/N-ethyl adjacent to an activating group) is 1. The van der Waals surface area contributed by atoms with Gasteiger partial charge in [0, 0.05) is 38.8 Å². The number of hydrogen-bond donors (Lipinski definition) is 1. The summed E-state index contributed by atoms with van der Waals surface area (Å²) in [4.78, 5) is 5.03. The van der Waals surface area contributed by atoms with Crippen LogP contribution in [-0.4, -0.2) is 64.0 Å². The van der Waals surface area contributed by atoms with Crippen molar-refractivity contribution < 1.29 is 8.42 Å². The molecule has 0 spiro atoms. The zero-order chi connectivity index (χ0) is 18.4. The molecule has 1 atom stereocenters. The van der Waals surface area contributed by atoms with Crippen LogP contribution in [0.1, 0.15) is 5.56 Å². The molecule has 3 rings (SSSR count). The largest absolute Gasteiger partial charge is 0.304 e. The molecule has 0 aliphatic carbocycles. The number of hydrogen-bond acceptors (Lipinski definition) is 4. The fraction of sp³-hybridized carbons (Fsp3) is 0.400. The fourth-order valence-electron chi connectivity index (χ4n) is 3.29. The summed E-state index contributed by atoms with van der Waals surface area (Å²) < 4.78 is 28.0. The smallest absolute Gasteiger partial charge is 0.240 e. The molecule has 1 aliphatic heterocycles. The average Bonchev–Trinajstić information content (AvgIpc) is 2.67. The van der Waals surface area contributed by atoms with E-state index in [9.17, 15) is 8.42 Å². The van der Waals surface area contributed by atoms with Gasteiger partial charge in [-0.3, -0.25) is 4.90 Å². The van der Waals surface area contributed by atoms with Crippen molar-refractivity contribution in [1.82, 2.24) is 14.5 Å². The molecule has 0 bridgehead atoms. The zero-order valence-corrected chi connectivity index (χ0v) is 16.0. The molecule has 2 aromatic carbocycles. The Hall–Kier alpha value is -1.73. The molecule has 0 amide bonds. The van der Waals surface area contributed by atoms with Gasteiger partial charge >= 0.3 is 0 Å². The molecule has 2 aromatic rings. The van der Waals surface area contributed by atoms with E-state index in [1.807, 2.05) is 24.3 Å². The predicted molar refractivity (Wildman–Crippen MR) is 105 cm³/mol. The van der Waals surface area contributed by atoms with Crippen molar-refractivity contribution in [3.8, 4) is 0 Å². The van der Waals surface area contributed by atoms with Crippen molar-refractivity contribution in [2.75, 3.05) is 39.8 Å². The van der Waals surface area contributed by atoms with Crippen LogP contribution in [0.4, 0.5) is 0 Å². The summed E-state index contributed by atoms with van der Waals surface area (Å²) in [6.07, 6.45) is 0.835. The second-order valence-electron chi connectivity index (χ2n) is 6.85. The first kappa shape index (κ1) is 19.0. The number of rotatable bonds is 7. The summed E-state index contributed by atoms with van der Waals surface area (Å²) in [5.74, 6) is 0. The van der Waals surface area contributed by atoms with E-state index in [2.05, 4.69) is 33.7 Å². The molecule has 0 radical (unpaired) electrons. The van der Waals surface area contributed by atoms with Crippen LogP contribution in [0.5, 0.6) is 0 Å². The van der Waals surface area contributed by atoms with E-state index in [0.29, 0.717) is 11.4 Å². The van der Waals surface area contributed by atoms with Gasteiger partial charge in [-0.05, 0) is 31.2 Å². The zero-order valence-electron chi connectivity index (χ0n) is 15.2. The molecule has 1 N–H and O–H groups in total. The van der Waals surface area contributed by atoms with E-state index in [1.54, 1.807) is 24.3 Å². The lowest BCUT2D eigenvalue weighted by atomic mass is 10.0. The Morgan fingerprint density at radius 3 is 2.12 bits per heavy atom. The van der Waals surface area contributed by atoms with Crippen molar-refractivity contribution in [2.24, 2.45) is 0 Å². The van der Waals surface area contributed by atoms with Crippen LogP contribution in [0, 0.1) is 0 Å². The summed E-state index contributed by atoms with van der Waals surface area (Å²) in [5.41, 5.74) is 1.23. The second kappa shape index (κ2) is 8.77. The van der Waals surface area contributed by atoms with Gasteiger partial charge in [0.05, 0.1) is 4.90 Å². The number of benzene rings is 2. The molecule has 0 aromatic heterocycles. The van der Waals surface area contributed by atoms with Crippen LogP contribution in [0.2, 0.25) is 0 Å². The maximum absolute atomic E-state index is 12.6. The van der Waals surface area contributed by atoms with Crippen molar-refractivity contribution in [1.29, 1.82) is 0 Å². The molecule has 0 saturated carbocycles. The number of sulfonamides is 1. The lowest BCUT2D eigenvalue weighted by Gasteiger charge is -2.38. The molecular weight excluding hydrogens is 346 g/mol. The molecule has 5 nitrogen and oxygen atoms in total. The Balaban J connectivity index is 1.71. The van der Waals surface area contributed by atoms with Gasteiger partial charge in [0.1, 0.15) is 0 Å². The van der Waals surface area contributed by atoms with Gasteiger partial charge in [0.2, 0.25) is 10.0 Å². The molecular formula is C20H27N3O2S. The Morgan fingerprint density at radius 1 is 0.923 bits per heavy atom. The van der Waals surface area contributed by atoms with Crippen molar-refractivity contribution in [2.45, 2.75) is 17.4 Å². The molecule has 1 saturated heterocycles. The van der Waals surface area contributed by atoms with E-state index in [4.69, 9.17) is 0 Å². The summed E-state index contributed by atoms with van der Waals surface area (Å²) in [5, 5.41) is 0. The first-order valence-electron chi connectivity index (χ1n) is 9.06. The minimum atomic E-state index is -3.48. The minimum Gasteiger partial charge on any atom is -0.304 e. The van der Waals surface area contributed by atoms with E-state index in [1.165, 1.54) is 5.56 Å². The van der Waals surface area contributed by atoms with Crippen LogP contribution in [0.25, 0.3) is 0 Å². The fourth-order valence-corrected chi connectivity index (χ4v) is 4.39. The van der Waals surface area contributed by atoms with E-state index in [-0.39, 0.29) is 6.04 Å². The van der Waals surface area contributed by atoms with E-state index in [0.717, 1.165) is 32.6 Å². The normalized spacial score (nSPS) is 17.9. The highest BCUT2D eigenvalue weighted by Gasteiger charge is 2.24. The van der Waals surface area contributed by atoms with Crippen molar-refractivity contribution in [3.05, 3.63) is 66.2 Å².